The van der Waals surface area contributed by atoms with Gasteiger partial charge < -0.3 is 9.84 Å². The molecular formula is C14H20BrNO4S. The average molecular weight is 378 g/mol. The summed E-state index contributed by atoms with van der Waals surface area (Å²) in [5.74, 6) is -1.09. The molecule has 0 radical (unpaired) electrons. The summed E-state index contributed by atoms with van der Waals surface area (Å²) in [6.07, 6.45) is -0.634. The third kappa shape index (κ3) is 4.71. The Morgan fingerprint density at radius 1 is 1.38 bits per heavy atom. The second-order valence-corrected chi connectivity index (χ2v) is 7.66. The Bertz CT molecular complexity index is 521. The molecule has 0 bridgehead atoms. The van der Waals surface area contributed by atoms with Crippen LogP contribution in [0.1, 0.15) is 45.5 Å². The highest BCUT2D eigenvalue weighted by Crippen LogP contribution is 2.34. The highest BCUT2D eigenvalue weighted by molar-refractivity contribution is 9.10. The third-order valence-corrected chi connectivity index (χ3v) is 4.49. The molecular weight excluding hydrogens is 358 g/mol. The summed E-state index contributed by atoms with van der Waals surface area (Å²) >= 11 is 4.62. The zero-order valence-corrected chi connectivity index (χ0v) is 15.1. The number of carbonyl (C=O) groups excluding carboxylic acids is 1. The van der Waals surface area contributed by atoms with E-state index in [4.69, 9.17) is 4.74 Å². The first kappa shape index (κ1) is 18.0. The zero-order chi connectivity index (χ0) is 16.4. The molecule has 118 valence electrons. The van der Waals surface area contributed by atoms with Gasteiger partial charge in [-0.3, -0.25) is 4.90 Å². The van der Waals surface area contributed by atoms with Gasteiger partial charge in [0.25, 0.3) is 0 Å². The maximum absolute atomic E-state index is 12.4. The molecule has 0 aliphatic carbocycles. The van der Waals surface area contributed by atoms with Crippen LogP contribution in [0.5, 0.6) is 0 Å². The standard InChI is InChI=1S/C14H20BrNO4S/c1-8(2)16(13(19)20-14(3,4)5)10(12(17)18)11-9(15)6-7-21-11/h6-8,10H,1-5H3,(H,17,18). The lowest BCUT2D eigenvalue weighted by Crippen LogP contribution is -2.45. The van der Waals surface area contributed by atoms with Gasteiger partial charge in [-0.15, -0.1) is 11.3 Å². The molecule has 5 nitrogen and oxygen atoms in total. The van der Waals surface area contributed by atoms with Crippen LogP contribution in [0, 0.1) is 0 Å². The smallest absolute Gasteiger partial charge is 0.411 e. The van der Waals surface area contributed by atoms with Gasteiger partial charge in [-0.05, 0) is 62.0 Å². The van der Waals surface area contributed by atoms with E-state index in [1.165, 1.54) is 16.2 Å². The first-order chi connectivity index (χ1) is 9.54. The second kappa shape index (κ2) is 6.79. The molecule has 0 saturated heterocycles. The molecule has 0 saturated carbocycles. The fraction of sp³-hybridized carbons (Fsp3) is 0.571. The van der Waals surface area contributed by atoms with Crippen molar-refractivity contribution >= 4 is 39.3 Å². The topological polar surface area (TPSA) is 66.8 Å². The van der Waals surface area contributed by atoms with Gasteiger partial charge in [0.05, 0.1) is 4.88 Å². The second-order valence-electron chi connectivity index (χ2n) is 5.85. The quantitative estimate of drug-likeness (QED) is 0.849. The summed E-state index contributed by atoms with van der Waals surface area (Å²) in [7, 11) is 0. The third-order valence-electron chi connectivity index (χ3n) is 2.57. The van der Waals surface area contributed by atoms with Gasteiger partial charge in [0.2, 0.25) is 0 Å². The molecule has 1 atom stereocenters. The van der Waals surface area contributed by atoms with Gasteiger partial charge in [0.15, 0.2) is 6.04 Å². The first-order valence-corrected chi connectivity index (χ1v) is 8.19. The van der Waals surface area contributed by atoms with Gasteiger partial charge in [-0.1, -0.05) is 0 Å². The number of amides is 1. The Balaban J connectivity index is 3.20. The van der Waals surface area contributed by atoms with E-state index in [9.17, 15) is 14.7 Å². The predicted molar refractivity (Wildman–Crippen MR) is 85.6 cm³/mol. The molecule has 21 heavy (non-hydrogen) atoms. The van der Waals surface area contributed by atoms with E-state index in [1.54, 1.807) is 46.1 Å². The van der Waals surface area contributed by atoms with Crippen molar-refractivity contribution in [3.05, 3.63) is 20.8 Å². The van der Waals surface area contributed by atoms with Crippen molar-refractivity contribution in [3.63, 3.8) is 0 Å². The lowest BCUT2D eigenvalue weighted by Gasteiger charge is -2.34. The number of thiophene rings is 1. The largest absolute Gasteiger partial charge is 0.479 e. The van der Waals surface area contributed by atoms with Gasteiger partial charge in [0.1, 0.15) is 5.60 Å². The summed E-state index contributed by atoms with van der Waals surface area (Å²) in [4.78, 5) is 25.9. The van der Waals surface area contributed by atoms with E-state index in [-0.39, 0.29) is 6.04 Å². The SMILES string of the molecule is CC(C)N(C(=O)OC(C)(C)C)C(C(=O)O)c1sccc1Br. The summed E-state index contributed by atoms with van der Waals surface area (Å²) in [5.41, 5.74) is -0.681. The molecule has 0 spiro atoms. The van der Waals surface area contributed by atoms with Crippen LogP contribution in [0.2, 0.25) is 0 Å². The van der Waals surface area contributed by atoms with Crippen LogP contribution in [0.4, 0.5) is 4.79 Å². The Morgan fingerprint density at radius 3 is 2.29 bits per heavy atom. The van der Waals surface area contributed by atoms with Gasteiger partial charge in [0, 0.05) is 10.5 Å². The van der Waals surface area contributed by atoms with Crippen molar-refractivity contribution in [3.8, 4) is 0 Å². The van der Waals surface area contributed by atoms with Crippen LogP contribution in [-0.2, 0) is 9.53 Å². The summed E-state index contributed by atoms with van der Waals surface area (Å²) < 4.78 is 6.02. The number of ether oxygens (including phenoxy) is 1. The molecule has 1 aromatic rings. The van der Waals surface area contributed by atoms with Crippen molar-refractivity contribution < 1.29 is 19.4 Å². The summed E-state index contributed by atoms with van der Waals surface area (Å²) in [6.45, 7) is 8.78. The van der Waals surface area contributed by atoms with Gasteiger partial charge >= 0.3 is 12.1 Å². The number of rotatable bonds is 4. The number of halogens is 1. The highest BCUT2D eigenvalue weighted by atomic mass is 79.9. The Kier molecular flexibility index (Phi) is 5.81. The number of carboxylic acid groups (broad SMARTS) is 1. The lowest BCUT2D eigenvalue weighted by molar-refractivity contribution is -0.144. The Hall–Kier alpha value is -1.08. The van der Waals surface area contributed by atoms with Crippen molar-refractivity contribution in [2.24, 2.45) is 0 Å². The number of carbonyl (C=O) groups is 2. The Labute approximate surface area is 137 Å². The van der Waals surface area contributed by atoms with Crippen LogP contribution < -0.4 is 0 Å². The Morgan fingerprint density at radius 2 is 1.95 bits per heavy atom. The number of hydrogen-bond donors (Lipinski definition) is 1. The molecule has 1 heterocycles. The molecule has 1 rings (SSSR count). The van der Waals surface area contributed by atoms with E-state index in [0.717, 1.165) is 0 Å². The first-order valence-electron chi connectivity index (χ1n) is 6.51. The minimum atomic E-state index is -1.09. The van der Waals surface area contributed by atoms with E-state index >= 15 is 0 Å². The maximum atomic E-state index is 12.4. The molecule has 1 unspecified atom stereocenters. The minimum Gasteiger partial charge on any atom is -0.479 e. The summed E-state index contributed by atoms with van der Waals surface area (Å²) in [6, 6.07) is 0.382. The molecule has 0 aliphatic heterocycles. The predicted octanol–water partition coefficient (Wildman–Crippen LogP) is 4.28. The van der Waals surface area contributed by atoms with Crippen LogP contribution in [-0.4, -0.2) is 33.7 Å². The van der Waals surface area contributed by atoms with Crippen molar-refractivity contribution in [1.82, 2.24) is 4.90 Å². The number of hydrogen-bond acceptors (Lipinski definition) is 4. The monoisotopic (exact) mass is 377 g/mol. The van der Waals surface area contributed by atoms with Crippen molar-refractivity contribution in [2.45, 2.75) is 52.3 Å². The van der Waals surface area contributed by atoms with Crippen LogP contribution in [0.15, 0.2) is 15.9 Å². The lowest BCUT2D eigenvalue weighted by atomic mass is 10.1. The van der Waals surface area contributed by atoms with E-state index in [1.807, 2.05) is 0 Å². The van der Waals surface area contributed by atoms with E-state index in [2.05, 4.69) is 15.9 Å². The normalized spacial score (nSPS) is 13.1. The van der Waals surface area contributed by atoms with E-state index in [0.29, 0.717) is 9.35 Å². The van der Waals surface area contributed by atoms with Gasteiger partial charge in [-0.2, -0.15) is 0 Å². The number of nitrogens with zero attached hydrogens (tertiary/aromatic N) is 1. The molecule has 0 aliphatic rings. The van der Waals surface area contributed by atoms with Crippen LogP contribution in [0.25, 0.3) is 0 Å². The maximum Gasteiger partial charge on any atom is 0.411 e. The molecule has 1 aromatic heterocycles. The van der Waals surface area contributed by atoms with Crippen molar-refractivity contribution in [2.75, 3.05) is 0 Å². The molecule has 1 amide bonds. The average Bonchev–Trinajstić information content (AvgIpc) is 2.68. The van der Waals surface area contributed by atoms with Gasteiger partial charge in [-0.25, -0.2) is 9.59 Å². The fourth-order valence-corrected chi connectivity index (χ4v) is 3.47. The fourth-order valence-electron chi connectivity index (χ4n) is 1.79. The highest BCUT2D eigenvalue weighted by Gasteiger charge is 2.37. The molecule has 0 fully saturated rings. The van der Waals surface area contributed by atoms with E-state index < -0.39 is 23.7 Å². The molecule has 1 N–H and O–H groups in total. The van der Waals surface area contributed by atoms with Crippen LogP contribution in [0.3, 0.4) is 0 Å². The number of carboxylic acids is 1. The molecule has 0 aromatic carbocycles. The van der Waals surface area contributed by atoms with Crippen molar-refractivity contribution in [1.29, 1.82) is 0 Å². The number of aliphatic carboxylic acids is 1. The minimum absolute atomic E-state index is 0.310. The summed E-state index contributed by atoms with van der Waals surface area (Å²) in [5, 5.41) is 11.4. The van der Waals surface area contributed by atoms with Crippen LogP contribution >= 0.6 is 27.3 Å². The molecule has 7 heteroatoms. The zero-order valence-electron chi connectivity index (χ0n) is 12.7.